The molecule has 2 nitrogen and oxygen atoms in total. The second-order valence-corrected chi connectivity index (χ2v) is 5.04. The van der Waals surface area contributed by atoms with E-state index in [4.69, 9.17) is 5.26 Å². The van der Waals surface area contributed by atoms with Crippen molar-refractivity contribution >= 4 is 0 Å². The van der Waals surface area contributed by atoms with Gasteiger partial charge in [-0.05, 0) is 32.1 Å². The summed E-state index contributed by atoms with van der Waals surface area (Å²) in [4.78, 5) is 0. The minimum absolute atomic E-state index is 0.224. The summed E-state index contributed by atoms with van der Waals surface area (Å²) >= 11 is 0. The molecule has 0 aromatic carbocycles. The normalized spacial score (nSPS) is 34.1. The lowest BCUT2D eigenvalue weighted by molar-refractivity contribution is -0.00700. The second-order valence-electron chi connectivity index (χ2n) is 5.04. The van der Waals surface area contributed by atoms with Crippen LogP contribution in [0.3, 0.4) is 0 Å². The van der Waals surface area contributed by atoms with Gasteiger partial charge in [-0.25, -0.2) is 0 Å². The number of aliphatic hydroxyl groups is 1. The van der Waals surface area contributed by atoms with Crippen molar-refractivity contribution in [1.29, 1.82) is 5.26 Å². The first-order valence-electron chi connectivity index (χ1n) is 6.24. The summed E-state index contributed by atoms with van der Waals surface area (Å²) in [6.07, 6.45) is 7.53. The molecule has 1 N–H and O–H groups in total. The zero-order chi connectivity index (χ0) is 11.3. The molecule has 0 saturated heterocycles. The molecule has 0 spiro atoms. The fraction of sp³-hybridized carbons (Fsp3) is 0.923. The van der Waals surface area contributed by atoms with Gasteiger partial charge in [0.25, 0.3) is 0 Å². The highest BCUT2D eigenvalue weighted by Crippen LogP contribution is 2.36. The van der Waals surface area contributed by atoms with Gasteiger partial charge in [0.05, 0.1) is 17.6 Å². The Morgan fingerprint density at radius 3 is 2.80 bits per heavy atom. The molecule has 0 radical (unpaired) electrons. The Labute approximate surface area is 93.3 Å². The molecule has 0 aromatic rings. The van der Waals surface area contributed by atoms with Crippen LogP contribution in [0, 0.1) is 23.2 Å². The highest BCUT2D eigenvalue weighted by Gasteiger charge is 2.35. The Bertz CT molecular complexity index is 233. The molecule has 1 rings (SSSR count). The number of rotatable bonds is 3. The summed E-state index contributed by atoms with van der Waals surface area (Å²) < 4.78 is 0. The van der Waals surface area contributed by atoms with E-state index in [1.54, 1.807) is 0 Å². The third kappa shape index (κ3) is 3.21. The van der Waals surface area contributed by atoms with E-state index in [1.165, 1.54) is 19.3 Å². The molecule has 0 bridgehead atoms. The molecule has 0 aliphatic heterocycles. The molecule has 1 saturated carbocycles. The van der Waals surface area contributed by atoms with E-state index in [2.05, 4.69) is 13.0 Å². The zero-order valence-electron chi connectivity index (χ0n) is 10.00. The molecule has 3 unspecified atom stereocenters. The average molecular weight is 209 g/mol. The first kappa shape index (κ1) is 12.5. The number of nitrogens with zero attached hydrogens (tertiary/aromatic N) is 1. The minimum atomic E-state index is -0.711. The summed E-state index contributed by atoms with van der Waals surface area (Å²) in [6, 6.07) is 2.20. The van der Waals surface area contributed by atoms with Crippen LogP contribution in [-0.4, -0.2) is 10.7 Å². The summed E-state index contributed by atoms with van der Waals surface area (Å²) in [7, 11) is 0. The molecule has 0 aromatic heterocycles. The maximum Gasteiger partial charge on any atom is 0.0802 e. The van der Waals surface area contributed by atoms with Crippen LogP contribution in [0.15, 0.2) is 0 Å². The Kier molecular flexibility index (Phi) is 4.60. The zero-order valence-corrected chi connectivity index (χ0v) is 10.00. The molecule has 0 amide bonds. The van der Waals surface area contributed by atoms with E-state index in [1.807, 2.05) is 6.92 Å². The van der Waals surface area contributed by atoms with Crippen LogP contribution in [-0.2, 0) is 0 Å². The lowest BCUT2D eigenvalue weighted by Gasteiger charge is -2.29. The van der Waals surface area contributed by atoms with Crippen molar-refractivity contribution in [3.8, 4) is 6.07 Å². The van der Waals surface area contributed by atoms with Crippen molar-refractivity contribution in [2.45, 2.75) is 64.4 Å². The molecule has 15 heavy (non-hydrogen) atoms. The quantitative estimate of drug-likeness (QED) is 0.725. The smallest absolute Gasteiger partial charge is 0.0802 e. The topological polar surface area (TPSA) is 44.0 Å². The summed E-state index contributed by atoms with van der Waals surface area (Å²) in [5, 5.41) is 19.3. The van der Waals surface area contributed by atoms with E-state index in [0.29, 0.717) is 0 Å². The SMILES string of the molecule is CCCC1CCCC(O)(C(C)C#N)CC1. The number of hydrogen-bond donors (Lipinski definition) is 1. The molecular formula is C13H23NO. The molecule has 3 atom stereocenters. The lowest BCUT2D eigenvalue weighted by atomic mass is 9.83. The van der Waals surface area contributed by atoms with Crippen molar-refractivity contribution in [3.05, 3.63) is 0 Å². The Morgan fingerprint density at radius 1 is 1.47 bits per heavy atom. The monoisotopic (exact) mass is 209 g/mol. The fourth-order valence-corrected chi connectivity index (χ4v) is 2.67. The van der Waals surface area contributed by atoms with Crippen LogP contribution in [0.25, 0.3) is 0 Å². The van der Waals surface area contributed by atoms with Gasteiger partial charge in [0.15, 0.2) is 0 Å². The van der Waals surface area contributed by atoms with Crippen molar-refractivity contribution in [1.82, 2.24) is 0 Å². The van der Waals surface area contributed by atoms with Crippen molar-refractivity contribution < 1.29 is 5.11 Å². The first-order valence-corrected chi connectivity index (χ1v) is 6.24. The Morgan fingerprint density at radius 2 is 2.20 bits per heavy atom. The summed E-state index contributed by atoms with van der Waals surface area (Å²) in [5.41, 5.74) is -0.711. The molecule has 2 heteroatoms. The van der Waals surface area contributed by atoms with E-state index in [9.17, 15) is 5.11 Å². The van der Waals surface area contributed by atoms with Crippen LogP contribution < -0.4 is 0 Å². The number of nitriles is 1. The predicted molar refractivity (Wildman–Crippen MR) is 61.2 cm³/mol. The molecular weight excluding hydrogens is 186 g/mol. The van der Waals surface area contributed by atoms with Gasteiger partial charge in [-0.2, -0.15) is 5.26 Å². The van der Waals surface area contributed by atoms with Crippen molar-refractivity contribution in [2.24, 2.45) is 11.8 Å². The maximum atomic E-state index is 10.4. The first-order chi connectivity index (χ1) is 7.12. The number of hydrogen-bond acceptors (Lipinski definition) is 2. The minimum Gasteiger partial charge on any atom is -0.389 e. The van der Waals surface area contributed by atoms with Crippen LogP contribution in [0.1, 0.15) is 58.8 Å². The molecule has 86 valence electrons. The molecule has 0 heterocycles. The average Bonchev–Trinajstić information content (AvgIpc) is 2.42. The van der Waals surface area contributed by atoms with E-state index >= 15 is 0 Å². The van der Waals surface area contributed by atoms with Crippen molar-refractivity contribution in [2.75, 3.05) is 0 Å². The molecule has 1 aliphatic carbocycles. The van der Waals surface area contributed by atoms with Gasteiger partial charge >= 0.3 is 0 Å². The van der Waals surface area contributed by atoms with Gasteiger partial charge in [-0.3, -0.25) is 0 Å². The standard InChI is InChI=1S/C13H23NO/c1-3-5-12-6-4-8-13(15,9-7-12)11(2)10-14/h11-12,15H,3-9H2,1-2H3. The van der Waals surface area contributed by atoms with E-state index in [0.717, 1.165) is 31.6 Å². The van der Waals surface area contributed by atoms with Crippen LogP contribution in [0.2, 0.25) is 0 Å². The van der Waals surface area contributed by atoms with E-state index < -0.39 is 5.60 Å². The van der Waals surface area contributed by atoms with Gasteiger partial charge in [-0.1, -0.05) is 32.6 Å². The molecule has 1 aliphatic rings. The summed E-state index contributed by atoms with van der Waals surface area (Å²) in [6.45, 7) is 4.06. The fourth-order valence-electron chi connectivity index (χ4n) is 2.67. The van der Waals surface area contributed by atoms with Gasteiger partial charge in [-0.15, -0.1) is 0 Å². The second kappa shape index (κ2) is 5.51. The molecule has 1 fully saturated rings. The predicted octanol–water partition coefficient (Wildman–Crippen LogP) is 3.26. The highest BCUT2D eigenvalue weighted by atomic mass is 16.3. The maximum absolute atomic E-state index is 10.4. The van der Waals surface area contributed by atoms with Crippen molar-refractivity contribution in [3.63, 3.8) is 0 Å². The van der Waals surface area contributed by atoms with Gasteiger partial charge in [0.1, 0.15) is 0 Å². The Hall–Kier alpha value is -0.550. The largest absolute Gasteiger partial charge is 0.389 e. The van der Waals surface area contributed by atoms with E-state index in [-0.39, 0.29) is 5.92 Å². The highest BCUT2D eigenvalue weighted by molar-refractivity contribution is 4.97. The van der Waals surface area contributed by atoms with Crippen LogP contribution in [0.4, 0.5) is 0 Å². The van der Waals surface area contributed by atoms with Gasteiger partial charge < -0.3 is 5.11 Å². The Balaban J connectivity index is 2.55. The third-order valence-corrected chi connectivity index (χ3v) is 3.90. The van der Waals surface area contributed by atoms with Crippen LogP contribution >= 0.6 is 0 Å². The lowest BCUT2D eigenvalue weighted by Crippen LogP contribution is -2.35. The third-order valence-electron chi connectivity index (χ3n) is 3.90. The van der Waals surface area contributed by atoms with Gasteiger partial charge in [0.2, 0.25) is 0 Å². The van der Waals surface area contributed by atoms with Gasteiger partial charge in [0, 0.05) is 0 Å². The van der Waals surface area contributed by atoms with Crippen LogP contribution in [0.5, 0.6) is 0 Å². The summed E-state index contributed by atoms with van der Waals surface area (Å²) in [5.74, 6) is 0.549.